The van der Waals surface area contributed by atoms with Crippen molar-refractivity contribution >= 4 is 11.6 Å². The first-order chi connectivity index (χ1) is 10.2. The fourth-order valence-electron chi connectivity index (χ4n) is 2.75. The third kappa shape index (κ3) is 4.74. The van der Waals surface area contributed by atoms with Crippen LogP contribution < -0.4 is 10.2 Å². The summed E-state index contributed by atoms with van der Waals surface area (Å²) in [4.78, 5) is 16.4. The van der Waals surface area contributed by atoms with E-state index in [9.17, 15) is 4.79 Å². The van der Waals surface area contributed by atoms with Crippen LogP contribution in [0.5, 0.6) is 0 Å². The summed E-state index contributed by atoms with van der Waals surface area (Å²) in [6.45, 7) is 5.70. The van der Waals surface area contributed by atoms with Gasteiger partial charge in [-0.05, 0) is 44.9 Å². The van der Waals surface area contributed by atoms with Gasteiger partial charge in [-0.1, -0.05) is 18.2 Å². The van der Waals surface area contributed by atoms with E-state index < -0.39 is 0 Å². The number of amides is 1. The average molecular weight is 289 g/mol. The van der Waals surface area contributed by atoms with E-state index in [0.29, 0.717) is 0 Å². The van der Waals surface area contributed by atoms with Gasteiger partial charge in [0.25, 0.3) is 0 Å². The Morgan fingerprint density at radius 1 is 1.29 bits per heavy atom. The number of hydrogen-bond donors (Lipinski definition) is 1. The van der Waals surface area contributed by atoms with E-state index in [-0.39, 0.29) is 11.9 Å². The van der Waals surface area contributed by atoms with Crippen LogP contribution in [-0.4, -0.2) is 50.1 Å². The number of benzene rings is 1. The van der Waals surface area contributed by atoms with E-state index in [2.05, 4.69) is 41.5 Å². The van der Waals surface area contributed by atoms with Crippen molar-refractivity contribution < 1.29 is 4.79 Å². The molecule has 1 aromatic rings. The predicted molar refractivity (Wildman–Crippen MR) is 87.6 cm³/mol. The predicted octanol–water partition coefficient (Wildman–Crippen LogP) is 2.11. The third-order valence-electron chi connectivity index (χ3n) is 4.11. The molecule has 1 fully saturated rings. The number of carbonyl (C=O) groups excluding carboxylic acids is 1. The second kappa shape index (κ2) is 8.03. The topological polar surface area (TPSA) is 35.6 Å². The first-order valence-corrected chi connectivity index (χ1v) is 7.97. The molecule has 1 heterocycles. The highest BCUT2D eigenvalue weighted by Gasteiger charge is 2.22. The molecule has 0 spiro atoms. The summed E-state index contributed by atoms with van der Waals surface area (Å²) in [5.41, 5.74) is 1.23. The first kappa shape index (κ1) is 15.8. The second-order valence-electron chi connectivity index (χ2n) is 5.82. The summed E-state index contributed by atoms with van der Waals surface area (Å²) < 4.78 is 0. The molecule has 0 aliphatic carbocycles. The molecule has 0 aromatic heterocycles. The highest BCUT2D eigenvalue weighted by Crippen LogP contribution is 2.11. The van der Waals surface area contributed by atoms with Crippen molar-refractivity contribution in [3.8, 4) is 0 Å². The highest BCUT2D eigenvalue weighted by molar-refractivity contribution is 5.81. The zero-order chi connectivity index (χ0) is 15.1. The molecule has 0 bridgehead atoms. The maximum Gasteiger partial charge on any atom is 0.239 e. The van der Waals surface area contributed by atoms with Gasteiger partial charge in [0.1, 0.15) is 0 Å². The van der Waals surface area contributed by atoms with Crippen LogP contribution in [0.2, 0.25) is 0 Å². The lowest BCUT2D eigenvalue weighted by molar-refractivity contribution is -0.131. The summed E-state index contributed by atoms with van der Waals surface area (Å²) in [5.74, 6) is 0.254. The highest BCUT2D eigenvalue weighted by atomic mass is 16.2. The number of rotatable bonds is 7. The minimum atomic E-state index is -0.0647. The molecule has 1 aliphatic heterocycles. The maximum atomic E-state index is 12.1. The van der Waals surface area contributed by atoms with Crippen molar-refractivity contribution in [2.24, 2.45) is 0 Å². The normalized spacial score (nSPS) is 16.0. The molecule has 116 valence electrons. The zero-order valence-corrected chi connectivity index (χ0v) is 13.2. The molecule has 1 saturated heterocycles. The van der Waals surface area contributed by atoms with Crippen LogP contribution in [0.1, 0.15) is 26.2 Å². The number of nitrogens with zero attached hydrogens (tertiary/aromatic N) is 2. The third-order valence-corrected chi connectivity index (χ3v) is 4.11. The fraction of sp³-hybridized carbons (Fsp3) is 0.588. The van der Waals surface area contributed by atoms with Crippen molar-refractivity contribution in [1.29, 1.82) is 0 Å². The number of likely N-dealkylation sites (tertiary alicyclic amines) is 1. The van der Waals surface area contributed by atoms with Gasteiger partial charge in [0.05, 0.1) is 6.04 Å². The molecular weight excluding hydrogens is 262 g/mol. The van der Waals surface area contributed by atoms with E-state index in [1.165, 1.54) is 5.69 Å². The molecule has 4 nitrogen and oxygen atoms in total. The number of carbonyl (C=O) groups is 1. The van der Waals surface area contributed by atoms with Gasteiger partial charge in [-0.25, -0.2) is 0 Å². The van der Waals surface area contributed by atoms with E-state index in [1.54, 1.807) is 0 Å². The summed E-state index contributed by atoms with van der Waals surface area (Å²) in [6, 6.07) is 10.3. The SMILES string of the molecule is CC(NCCCN(C)c1ccccc1)C(=O)N1CCCC1. The van der Waals surface area contributed by atoms with Crippen LogP contribution in [0.15, 0.2) is 30.3 Å². The molecule has 21 heavy (non-hydrogen) atoms. The Morgan fingerprint density at radius 3 is 2.62 bits per heavy atom. The molecule has 1 aliphatic rings. The molecule has 1 unspecified atom stereocenters. The Balaban J connectivity index is 1.64. The molecule has 4 heteroatoms. The van der Waals surface area contributed by atoms with Crippen LogP contribution in [0, 0.1) is 0 Å². The Bertz CT molecular complexity index is 429. The lowest BCUT2D eigenvalue weighted by atomic mass is 10.2. The molecular formula is C17H27N3O. The van der Waals surface area contributed by atoms with Gasteiger partial charge in [-0.3, -0.25) is 4.79 Å². The average Bonchev–Trinajstić information content (AvgIpc) is 3.05. The van der Waals surface area contributed by atoms with Crippen LogP contribution in [0.25, 0.3) is 0 Å². The van der Waals surface area contributed by atoms with Gasteiger partial charge in [0.2, 0.25) is 5.91 Å². The first-order valence-electron chi connectivity index (χ1n) is 7.97. The van der Waals surface area contributed by atoms with E-state index in [1.807, 2.05) is 17.9 Å². The van der Waals surface area contributed by atoms with Crippen molar-refractivity contribution in [2.45, 2.75) is 32.2 Å². The Labute approximate surface area is 128 Å². The fourth-order valence-corrected chi connectivity index (χ4v) is 2.75. The van der Waals surface area contributed by atoms with Gasteiger partial charge >= 0.3 is 0 Å². The Morgan fingerprint density at radius 2 is 1.95 bits per heavy atom. The molecule has 1 amide bonds. The molecule has 1 atom stereocenters. The summed E-state index contributed by atoms with van der Waals surface area (Å²) in [7, 11) is 2.11. The molecule has 1 aromatic carbocycles. The van der Waals surface area contributed by atoms with Crippen LogP contribution in [0.4, 0.5) is 5.69 Å². The van der Waals surface area contributed by atoms with E-state index in [0.717, 1.165) is 45.4 Å². The molecule has 1 N–H and O–H groups in total. The smallest absolute Gasteiger partial charge is 0.239 e. The summed E-state index contributed by atoms with van der Waals surface area (Å²) in [5, 5.41) is 3.35. The van der Waals surface area contributed by atoms with Crippen molar-refractivity contribution in [3.63, 3.8) is 0 Å². The van der Waals surface area contributed by atoms with Crippen molar-refractivity contribution in [3.05, 3.63) is 30.3 Å². The molecule has 0 saturated carbocycles. The molecule has 2 rings (SSSR count). The number of para-hydroxylation sites is 1. The minimum Gasteiger partial charge on any atom is -0.375 e. The number of nitrogens with one attached hydrogen (secondary N) is 1. The van der Waals surface area contributed by atoms with E-state index in [4.69, 9.17) is 0 Å². The summed E-state index contributed by atoms with van der Waals surface area (Å²) in [6.07, 6.45) is 3.34. The standard InChI is InChI=1S/C17H27N3O/c1-15(17(21)20-13-6-7-14-20)18-11-8-12-19(2)16-9-4-3-5-10-16/h3-5,9-10,15,18H,6-8,11-14H2,1-2H3. The van der Waals surface area contributed by atoms with Crippen LogP contribution in [-0.2, 0) is 4.79 Å². The van der Waals surface area contributed by atoms with E-state index >= 15 is 0 Å². The molecule has 0 radical (unpaired) electrons. The van der Waals surface area contributed by atoms with Gasteiger partial charge in [0.15, 0.2) is 0 Å². The number of anilines is 1. The lowest BCUT2D eigenvalue weighted by Crippen LogP contribution is -2.44. The minimum absolute atomic E-state index is 0.0647. The van der Waals surface area contributed by atoms with Gasteiger partial charge in [0, 0.05) is 32.4 Å². The summed E-state index contributed by atoms with van der Waals surface area (Å²) >= 11 is 0. The van der Waals surface area contributed by atoms with Gasteiger partial charge in [-0.15, -0.1) is 0 Å². The monoisotopic (exact) mass is 289 g/mol. The lowest BCUT2D eigenvalue weighted by Gasteiger charge is -2.22. The Hall–Kier alpha value is -1.55. The quantitative estimate of drug-likeness (QED) is 0.781. The largest absolute Gasteiger partial charge is 0.375 e. The maximum absolute atomic E-state index is 12.1. The van der Waals surface area contributed by atoms with Gasteiger partial charge < -0.3 is 15.1 Å². The Kier molecular flexibility index (Phi) is 6.05. The number of hydrogen-bond acceptors (Lipinski definition) is 3. The zero-order valence-electron chi connectivity index (χ0n) is 13.2. The van der Waals surface area contributed by atoms with Gasteiger partial charge in [-0.2, -0.15) is 0 Å². The van der Waals surface area contributed by atoms with Crippen LogP contribution >= 0.6 is 0 Å². The second-order valence-corrected chi connectivity index (χ2v) is 5.82. The van der Waals surface area contributed by atoms with Crippen molar-refractivity contribution in [2.75, 3.05) is 38.1 Å². The van der Waals surface area contributed by atoms with Crippen LogP contribution in [0.3, 0.4) is 0 Å². The van der Waals surface area contributed by atoms with Crippen molar-refractivity contribution in [1.82, 2.24) is 10.2 Å².